The number of hydrogen-bond donors (Lipinski definition) is 0. The summed E-state index contributed by atoms with van der Waals surface area (Å²) in [7, 11) is 0. The van der Waals surface area contributed by atoms with Crippen molar-refractivity contribution in [3.05, 3.63) is 0 Å². The van der Waals surface area contributed by atoms with Gasteiger partial charge in [0, 0.05) is 0 Å². The van der Waals surface area contributed by atoms with Crippen molar-refractivity contribution < 1.29 is 4.74 Å². The fourth-order valence-electron chi connectivity index (χ4n) is 7.14. The smallest absolute Gasteiger partial charge is 0.0772 e. The molecule has 1 nitrogen and oxygen atoms in total. The minimum atomic E-state index is 0.255. The normalized spacial score (nSPS) is 56.1. The molecular weight excluding hydrogens is 256 g/mol. The molecule has 0 aromatic carbocycles. The summed E-state index contributed by atoms with van der Waals surface area (Å²) in [5, 5.41) is 0. The summed E-state index contributed by atoms with van der Waals surface area (Å²) in [4.78, 5) is 0. The minimum absolute atomic E-state index is 0.255. The summed E-state index contributed by atoms with van der Waals surface area (Å²) in [5.41, 5.74) is 1.23. The molecule has 0 aromatic heterocycles. The lowest BCUT2D eigenvalue weighted by atomic mass is 9.43. The van der Waals surface area contributed by atoms with Gasteiger partial charge < -0.3 is 4.74 Å². The van der Waals surface area contributed by atoms with Crippen molar-refractivity contribution >= 4 is 0 Å². The minimum Gasteiger partial charge on any atom is -0.374 e. The van der Waals surface area contributed by atoms with Crippen molar-refractivity contribution in [1.29, 1.82) is 0 Å². The first kappa shape index (κ1) is 14.5. The largest absolute Gasteiger partial charge is 0.374 e. The first-order chi connectivity index (χ1) is 9.91. The van der Waals surface area contributed by atoms with Gasteiger partial charge in [0.05, 0.1) is 12.2 Å². The summed E-state index contributed by atoms with van der Waals surface area (Å²) in [6, 6.07) is 0. The van der Waals surface area contributed by atoms with Crippen LogP contribution in [0.2, 0.25) is 0 Å². The number of fused-ring (bicyclic) bond motifs is 1. The second kappa shape index (κ2) is 4.49. The van der Waals surface area contributed by atoms with Gasteiger partial charge in [-0.25, -0.2) is 0 Å². The Kier molecular flexibility index (Phi) is 3.11. The fourth-order valence-corrected chi connectivity index (χ4v) is 7.14. The fraction of sp³-hybridized carbons (Fsp3) is 1.00. The van der Waals surface area contributed by atoms with Crippen molar-refractivity contribution in [2.24, 2.45) is 34.5 Å². The Morgan fingerprint density at radius 2 is 1.81 bits per heavy atom. The zero-order valence-electron chi connectivity index (χ0n) is 14.6. The summed E-state index contributed by atoms with van der Waals surface area (Å²) in [5.74, 6) is 3.62. The molecule has 0 spiro atoms. The Morgan fingerprint density at radius 3 is 2.57 bits per heavy atom. The number of ether oxygens (including phenoxy) is 1. The first-order valence-electron chi connectivity index (χ1n) is 9.55. The molecule has 0 N–H and O–H groups in total. The molecule has 0 amide bonds. The van der Waals surface area contributed by atoms with Crippen LogP contribution in [0.25, 0.3) is 0 Å². The molecule has 21 heavy (non-hydrogen) atoms. The van der Waals surface area contributed by atoms with E-state index in [1.165, 1.54) is 51.4 Å². The molecule has 0 radical (unpaired) electrons. The highest BCUT2D eigenvalue weighted by molar-refractivity contribution is 5.18. The van der Waals surface area contributed by atoms with Crippen LogP contribution in [-0.2, 0) is 4.74 Å². The van der Waals surface area contributed by atoms with Crippen LogP contribution in [0.1, 0.15) is 79.1 Å². The molecule has 4 fully saturated rings. The highest BCUT2D eigenvalue weighted by Gasteiger charge is 2.69. The maximum atomic E-state index is 6.74. The van der Waals surface area contributed by atoms with Gasteiger partial charge in [0.15, 0.2) is 0 Å². The van der Waals surface area contributed by atoms with Crippen LogP contribution in [0.5, 0.6) is 0 Å². The average Bonchev–Trinajstić information content (AvgIpc) is 2.62. The van der Waals surface area contributed by atoms with Crippen molar-refractivity contribution in [2.75, 3.05) is 6.61 Å². The molecule has 4 aliphatic rings. The van der Waals surface area contributed by atoms with Crippen molar-refractivity contribution in [2.45, 2.75) is 84.7 Å². The third kappa shape index (κ3) is 1.73. The Morgan fingerprint density at radius 1 is 1.00 bits per heavy atom. The van der Waals surface area contributed by atoms with Crippen LogP contribution in [0.15, 0.2) is 0 Å². The van der Waals surface area contributed by atoms with E-state index in [0.29, 0.717) is 10.8 Å². The second-order valence-corrected chi connectivity index (χ2v) is 9.71. The quantitative estimate of drug-likeness (QED) is 0.625. The molecule has 0 unspecified atom stereocenters. The Balaban J connectivity index is 1.68. The van der Waals surface area contributed by atoms with Crippen LogP contribution in [-0.4, -0.2) is 12.2 Å². The molecule has 120 valence electrons. The standard InChI is InChI=1S/C20H34O/c1-14(2)15-8-11-19(4)16(12-15)6-7-17-18(3)9-5-10-20(17,19)21-13-18/h14-17H,5-13H2,1-4H3/t15-,16-,17+,18-,19+,20+/m1/s1. The number of hydrogen-bond acceptors (Lipinski definition) is 1. The van der Waals surface area contributed by atoms with Gasteiger partial charge in [0.25, 0.3) is 0 Å². The van der Waals surface area contributed by atoms with Gasteiger partial charge in [-0.05, 0) is 85.9 Å². The van der Waals surface area contributed by atoms with Gasteiger partial charge >= 0.3 is 0 Å². The van der Waals surface area contributed by atoms with Gasteiger partial charge in [0.1, 0.15) is 0 Å². The van der Waals surface area contributed by atoms with Crippen LogP contribution in [0.4, 0.5) is 0 Å². The van der Waals surface area contributed by atoms with E-state index in [4.69, 9.17) is 4.74 Å². The summed E-state index contributed by atoms with van der Waals surface area (Å²) in [6.45, 7) is 11.1. The van der Waals surface area contributed by atoms with Crippen molar-refractivity contribution in [1.82, 2.24) is 0 Å². The molecule has 1 saturated heterocycles. The zero-order valence-corrected chi connectivity index (χ0v) is 14.6. The van der Waals surface area contributed by atoms with Gasteiger partial charge in [-0.15, -0.1) is 0 Å². The lowest BCUT2D eigenvalue weighted by Gasteiger charge is -2.62. The van der Waals surface area contributed by atoms with Gasteiger partial charge in [-0.3, -0.25) is 0 Å². The Hall–Kier alpha value is -0.0400. The highest BCUT2D eigenvalue weighted by atomic mass is 16.5. The maximum Gasteiger partial charge on any atom is 0.0772 e. The van der Waals surface area contributed by atoms with E-state index in [-0.39, 0.29) is 5.60 Å². The van der Waals surface area contributed by atoms with Crippen molar-refractivity contribution in [3.63, 3.8) is 0 Å². The Bertz CT molecular complexity index is 430. The lowest BCUT2D eigenvalue weighted by molar-refractivity contribution is -0.197. The predicted molar refractivity (Wildman–Crippen MR) is 87.1 cm³/mol. The zero-order chi connectivity index (χ0) is 14.9. The predicted octanol–water partition coefficient (Wildman–Crippen LogP) is 5.43. The maximum absolute atomic E-state index is 6.74. The third-order valence-corrected chi connectivity index (χ3v) is 8.60. The first-order valence-corrected chi connectivity index (χ1v) is 9.55. The van der Waals surface area contributed by atoms with E-state index in [9.17, 15) is 0 Å². The Labute approximate surface area is 131 Å². The molecule has 1 aliphatic heterocycles. The van der Waals surface area contributed by atoms with E-state index in [1.54, 1.807) is 0 Å². The second-order valence-electron chi connectivity index (χ2n) is 9.71. The molecule has 0 aromatic rings. The van der Waals surface area contributed by atoms with Crippen LogP contribution < -0.4 is 0 Å². The summed E-state index contributed by atoms with van der Waals surface area (Å²) in [6.07, 6.45) is 11.4. The van der Waals surface area contributed by atoms with Crippen LogP contribution >= 0.6 is 0 Å². The van der Waals surface area contributed by atoms with E-state index < -0.39 is 0 Å². The molecule has 6 atom stereocenters. The lowest BCUT2D eigenvalue weighted by Crippen LogP contribution is -2.62. The molecule has 3 saturated carbocycles. The molecular formula is C20H34O. The van der Waals surface area contributed by atoms with E-state index in [2.05, 4.69) is 27.7 Å². The summed E-state index contributed by atoms with van der Waals surface area (Å²) < 4.78 is 6.74. The highest BCUT2D eigenvalue weighted by Crippen LogP contribution is 2.70. The topological polar surface area (TPSA) is 9.23 Å². The molecule has 1 heteroatoms. The molecule has 3 aliphatic carbocycles. The van der Waals surface area contributed by atoms with E-state index in [1.807, 2.05) is 0 Å². The molecule has 1 heterocycles. The van der Waals surface area contributed by atoms with Gasteiger partial charge in [-0.1, -0.05) is 27.7 Å². The van der Waals surface area contributed by atoms with Gasteiger partial charge in [-0.2, -0.15) is 0 Å². The average molecular weight is 290 g/mol. The van der Waals surface area contributed by atoms with Crippen LogP contribution in [0, 0.1) is 34.5 Å². The van der Waals surface area contributed by atoms with Crippen LogP contribution in [0.3, 0.4) is 0 Å². The summed E-state index contributed by atoms with van der Waals surface area (Å²) >= 11 is 0. The number of rotatable bonds is 1. The van der Waals surface area contributed by atoms with E-state index in [0.717, 1.165) is 30.3 Å². The van der Waals surface area contributed by atoms with Gasteiger partial charge in [0.2, 0.25) is 0 Å². The molecule has 4 rings (SSSR count). The van der Waals surface area contributed by atoms with E-state index >= 15 is 0 Å². The molecule has 2 bridgehead atoms. The van der Waals surface area contributed by atoms with Crippen molar-refractivity contribution in [3.8, 4) is 0 Å². The monoisotopic (exact) mass is 290 g/mol. The third-order valence-electron chi connectivity index (χ3n) is 8.60. The SMILES string of the molecule is CC(C)[C@@H]1CC[C@@]2(C)[C@H](CC[C@H]3[C@]4(C)CCC[C@]32OC4)C1.